The highest BCUT2D eigenvalue weighted by molar-refractivity contribution is 7.92. The average molecular weight is 708 g/mol. The molecular formula is C33H31Cl4N3O4S. The second-order valence-electron chi connectivity index (χ2n) is 10.5. The molecule has 4 aromatic carbocycles. The Kier molecular flexibility index (Phi) is 11.8. The molecule has 12 heteroatoms. The van der Waals surface area contributed by atoms with Crippen LogP contribution in [0.5, 0.6) is 0 Å². The van der Waals surface area contributed by atoms with Gasteiger partial charge in [0.2, 0.25) is 11.8 Å². The van der Waals surface area contributed by atoms with Crippen LogP contribution in [0.25, 0.3) is 0 Å². The summed E-state index contributed by atoms with van der Waals surface area (Å²) in [6.07, 6.45) is 0.139. The summed E-state index contributed by atoms with van der Waals surface area (Å²) in [5.41, 5.74) is 1.24. The van der Waals surface area contributed by atoms with Crippen molar-refractivity contribution in [2.24, 2.45) is 0 Å². The maximum absolute atomic E-state index is 14.5. The van der Waals surface area contributed by atoms with Crippen molar-refractivity contribution in [3.05, 3.63) is 128 Å². The number of anilines is 1. The lowest BCUT2D eigenvalue weighted by Crippen LogP contribution is -2.54. The predicted octanol–water partition coefficient (Wildman–Crippen LogP) is 7.66. The smallest absolute Gasteiger partial charge is 0.264 e. The molecule has 0 radical (unpaired) electrons. The fourth-order valence-corrected chi connectivity index (χ4v) is 7.24. The van der Waals surface area contributed by atoms with Gasteiger partial charge in [0.05, 0.1) is 15.6 Å². The summed E-state index contributed by atoms with van der Waals surface area (Å²) in [6.45, 7) is 2.76. The van der Waals surface area contributed by atoms with Gasteiger partial charge in [0.1, 0.15) is 12.6 Å². The second kappa shape index (κ2) is 15.3. The monoisotopic (exact) mass is 705 g/mol. The molecule has 0 aliphatic heterocycles. The highest BCUT2D eigenvalue weighted by Crippen LogP contribution is 2.34. The van der Waals surface area contributed by atoms with Crippen LogP contribution in [-0.4, -0.2) is 43.8 Å². The Bertz CT molecular complexity index is 1740. The average Bonchev–Trinajstić information content (AvgIpc) is 2.99. The number of nitrogens with zero attached hydrogens (tertiary/aromatic N) is 2. The van der Waals surface area contributed by atoms with E-state index < -0.39 is 34.4 Å². The second-order valence-corrected chi connectivity index (χ2v) is 14.0. The maximum atomic E-state index is 14.5. The summed E-state index contributed by atoms with van der Waals surface area (Å²) in [5.74, 6) is -1.11. The fraction of sp³-hybridized carbons (Fsp3) is 0.212. The first-order valence-electron chi connectivity index (χ1n) is 14.0. The number of halogens is 4. The fourth-order valence-electron chi connectivity index (χ4n) is 4.70. The Morgan fingerprint density at radius 1 is 0.778 bits per heavy atom. The van der Waals surface area contributed by atoms with Crippen LogP contribution in [0, 0.1) is 0 Å². The molecule has 1 N–H and O–H groups in total. The van der Waals surface area contributed by atoms with Crippen molar-refractivity contribution in [2.75, 3.05) is 10.8 Å². The lowest BCUT2D eigenvalue weighted by atomic mass is 10.0. The van der Waals surface area contributed by atoms with Crippen molar-refractivity contribution in [3.8, 4) is 0 Å². The van der Waals surface area contributed by atoms with E-state index in [1.165, 1.54) is 35.2 Å². The van der Waals surface area contributed by atoms with E-state index in [-0.39, 0.29) is 49.7 Å². The van der Waals surface area contributed by atoms with Gasteiger partial charge in [-0.25, -0.2) is 8.42 Å². The zero-order chi connectivity index (χ0) is 32.7. The number of hydrogen-bond donors (Lipinski definition) is 1. The molecular weight excluding hydrogens is 676 g/mol. The molecule has 4 rings (SSSR count). The number of nitrogens with one attached hydrogen (secondary N) is 1. The maximum Gasteiger partial charge on any atom is 0.264 e. The van der Waals surface area contributed by atoms with E-state index in [0.29, 0.717) is 5.56 Å². The Balaban J connectivity index is 1.86. The predicted molar refractivity (Wildman–Crippen MR) is 182 cm³/mol. The van der Waals surface area contributed by atoms with Gasteiger partial charge < -0.3 is 10.2 Å². The van der Waals surface area contributed by atoms with Gasteiger partial charge in [0.25, 0.3) is 10.0 Å². The molecule has 0 fully saturated rings. The lowest BCUT2D eigenvalue weighted by Gasteiger charge is -2.34. The van der Waals surface area contributed by atoms with Crippen LogP contribution >= 0.6 is 46.4 Å². The number of rotatable bonds is 12. The van der Waals surface area contributed by atoms with Crippen LogP contribution in [0.15, 0.2) is 102 Å². The Hall–Kier alpha value is -3.27. The molecule has 0 spiro atoms. The normalized spacial score (nSPS) is 12.1. The van der Waals surface area contributed by atoms with Crippen LogP contribution in [-0.2, 0) is 32.6 Å². The van der Waals surface area contributed by atoms with Gasteiger partial charge in [-0.05, 0) is 61.9 Å². The number of carbonyl (C=O) groups is 2. The highest BCUT2D eigenvalue weighted by atomic mass is 35.5. The van der Waals surface area contributed by atoms with Gasteiger partial charge in [-0.3, -0.25) is 13.9 Å². The minimum Gasteiger partial charge on any atom is -0.352 e. The number of benzene rings is 4. The zero-order valence-corrected chi connectivity index (χ0v) is 28.3. The molecule has 0 saturated heterocycles. The highest BCUT2D eigenvalue weighted by Gasteiger charge is 2.36. The molecule has 0 heterocycles. The standard InChI is InChI=1S/C33H31Cl4N3O4S/c1-22(2)38-33(42)31(18-23-10-5-3-6-11-23)39(20-26-27(35)14-9-15-28(26)36)32(41)21-40(30-17-16-24(34)19-29(30)37)45(43,44)25-12-7-4-8-13-25/h3-17,19,22,31H,18,20-21H2,1-2H3,(H,38,42)/t31-/m1/s1. The number of sulfonamides is 1. The number of hydrogen-bond acceptors (Lipinski definition) is 4. The quantitative estimate of drug-likeness (QED) is 0.164. The van der Waals surface area contributed by atoms with E-state index in [1.807, 2.05) is 44.2 Å². The van der Waals surface area contributed by atoms with Crippen LogP contribution in [0.4, 0.5) is 5.69 Å². The van der Waals surface area contributed by atoms with Crippen molar-refractivity contribution < 1.29 is 18.0 Å². The molecule has 4 aromatic rings. The van der Waals surface area contributed by atoms with E-state index in [0.717, 1.165) is 9.87 Å². The van der Waals surface area contributed by atoms with Gasteiger partial charge in [-0.1, -0.05) is 101 Å². The van der Waals surface area contributed by atoms with Crippen molar-refractivity contribution in [2.45, 2.75) is 43.8 Å². The van der Waals surface area contributed by atoms with Gasteiger partial charge in [-0.15, -0.1) is 0 Å². The van der Waals surface area contributed by atoms with Crippen molar-refractivity contribution >= 4 is 73.9 Å². The first-order valence-corrected chi connectivity index (χ1v) is 16.9. The van der Waals surface area contributed by atoms with Gasteiger partial charge in [-0.2, -0.15) is 0 Å². The third-order valence-corrected chi connectivity index (χ3v) is 9.90. The summed E-state index contributed by atoms with van der Waals surface area (Å²) in [4.78, 5) is 29.6. The largest absolute Gasteiger partial charge is 0.352 e. The molecule has 236 valence electrons. The molecule has 7 nitrogen and oxygen atoms in total. The van der Waals surface area contributed by atoms with E-state index in [1.54, 1.807) is 36.4 Å². The van der Waals surface area contributed by atoms with Crippen LogP contribution < -0.4 is 9.62 Å². The minimum absolute atomic E-state index is 0.0221. The Morgan fingerprint density at radius 3 is 1.96 bits per heavy atom. The molecule has 0 bridgehead atoms. The summed E-state index contributed by atoms with van der Waals surface area (Å²) >= 11 is 25.7. The molecule has 0 aliphatic carbocycles. The summed E-state index contributed by atoms with van der Waals surface area (Å²) in [6, 6.07) is 24.8. The first kappa shape index (κ1) is 34.6. The van der Waals surface area contributed by atoms with Gasteiger partial charge in [0, 0.05) is 39.6 Å². The van der Waals surface area contributed by atoms with Crippen LogP contribution in [0.2, 0.25) is 20.1 Å². The van der Waals surface area contributed by atoms with Crippen molar-refractivity contribution in [3.63, 3.8) is 0 Å². The van der Waals surface area contributed by atoms with E-state index in [2.05, 4.69) is 5.32 Å². The molecule has 0 saturated carbocycles. The SMILES string of the molecule is CC(C)NC(=O)[C@@H](Cc1ccccc1)N(Cc1c(Cl)cccc1Cl)C(=O)CN(c1ccc(Cl)cc1Cl)S(=O)(=O)c1ccccc1. The molecule has 0 aromatic heterocycles. The van der Waals surface area contributed by atoms with Crippen LogP contribution in [0.1, 0.15) is 25.0 Å². The van der Waals surface area contributed by atoms with Crippen LogP contribution in [0.3, 0.4) is 0 Å². The van der Waals surface area contributed by atoms with E-state index in [9.17, 15) is 18.0 Å². The summed E-state index contributed by atoms with van der Waals surface area (Å²) < 4.78 is 29.1. The van der Waals surface area contributed by atoms with Gasteiger partial charge in [0.15, 0.2) is 0 Å². The first-order chi connectivity index (χ1) is 21.4. The van der Waals surface area contributed by atoms with E-state index in [4.69, 9.17) is 46.4 Å². The van der Waals surface area contributed by atoms with Crippen molar-refractivity contribution in [1.82, 2.24) is 10.2 Å². The lowest BCUT2D eigenvalue weighted by molar-refractivity contribution is -0.140. The zero-order valence-electron chi connectivity index (χ0n) is 24.5. The summed E-state index contributed by atoms with van der Waals surface area (Å²) in [5, 5.41) is 3.79. The Morgan fingerprint density at radius 2 is 1.38 bits per heavy atom. The van der Waals surface area contributed by atoms with Crippen molar-refractivity contribution in [1.29, 1.82) is 0 Å². The van der Waals surface area contributed by atoms with Gasteiger partial charge >= 0.3 is 0 Å². The number of carbonyl (C=O) groups excluding carboxylic acids is 2. The van der Waals surface area contributed by atoms with E-state index >= 15 is 0 Å². The number of amides is 2. The molecule has 0 unspecified atom stereocenters. The third-order valence-electron chi connectivity index (χ3n) is 6.88. The molecule has 1 atom stereocenters. The molecule has 45 heavy (non-hydrogen) atoms. The Labute approximate surface area is 283 Å². The summed E-state index contributed by atoms with van der Waals surface area (Å²) in [7, 11) is -4.33. The topological polar surface area (TPSA) is 86.8 Å². The minimum atomic E-state index is -4.33. The molecule has 0 aliphatic rings. The molecule has 2 amide bonds. The third kappa shape index (κ3) is 8.71.